The Hall–Kier alpha value is -8.18. The van der Waals surface area contributed by atoms with E-state index in [1.165, 1.54) is 59.2 Å². The highest BCUT2D eigenvalue weighted by atomic mass is 14.9. The van der Waals surface area contributed by atoms with Crippen molar-refractivity contribution in [3.8, 4) is 57.0 Å². The van der Waals surface area contributed by atoms with Crippen LogP contribution >= 0.6 is 0 Å². The van der Waals surface area contributed by atoms with Crippen molar-refractivity contribution in [1.29, 1.82) is 10.5 Å². The minimum Gasteiger partial charge on any atom is -0.227 e. The van der Waals surface area contributed by atoms with Crippen molar-refractivity contribution in [2.45, 2.75) is 0 Å². The molecule has 0 unspecified atom stereocenters. The van der Waals surface area contributed by atoms with Crippen molar-refractivity contribution >= 4 is 75.5 Å². The highest BCUT2D eigenvalue weighted by Crippen LogP contribution is 2.46. The fourth-order valence-electron chi connectivity index (χ4n) is 9.36. The third kappa shape index (κ3) is 4.67. The number of hydrogen-bond acceptors (Lipinski definition) is 4. The summed E-state index contributed by atoms with van der Waals surface area (Å²) in [6.07, 6.45) is 0. The summed E-state index contributed by atoms with van der Waals surface area (Å²) in [6.45, 7) is 0. The van der Waals surface area contributed by atoms with Crippen LogP contribution in [0.25, 0.3) is 120 Å². The van der Waals surface area contributed by atoms with Gasteiger partial charge in [0.15, 0.2) is 5.82 Å². The Morgan fingerprint density at radius 2 is 0.828 bits per heavy atom. The molecule has 264 valence electrons. The molecule has 0 aliphatic rings. The lowest BCUT2D eigenvalue weighted by Gasteiger charge is -2.19. The molecule has 0 aliphatic carbocycles. The van der Waals surface area contributed by atoms with Crippen LogP contribution in [-0.4, -0.2) is 9.97 Å². The standard InChI is InChI=1S/C54H28N4/c55-29-31-5-1-11-39(25-31)52-47-28-41(42-21-17-37-15-13-33-7-3-9-35-19-23-44(42)50(37)48(33)35)27-46(53(47)58-54(57-52)40-12-2-6-32(26-40)30-56)43-22-18-38-16-14-34-8-4-10-36-20-24-45(43)51(38)49(34)36/h1-28H. The number of nitrogens with zero attached hydrogens (tertiary/aromatic N) is 4. The highest BCUT2D eigenvalue weighted by Gasteiger charge is 2.22. The van der Waals surface area contributed by atoms with Crippen LogP contribution in [0.1, 0.15) is 11.1 Å². The van der Waals surface area contributed by atoms with Crippen LogP contribution in [0.2, 0.25) is 0 Å². The first-order chi connectivity index (χ1) is 28.6. The minimum atomic E-state index is 0.511. The van der Waals surface area contributed by atoms with Gasteiger partial charge in [0.25, 0.3) is 0 Å². The zero-order chi connectivity index (χ0) is 38.5. The van der Waals surface area contributed by atoms with Gasteiger partial charge in [-0.2, -0.15) is 10.5 Å². The average molecular weight is 733 g/mol. The third-order valence-electron chi connectivity index (χ3n) is 12.0. The summed E-state index contributed by atoms with van der Waals surface area (Å²) in [4.78, 5) is 10.7. The molecule has 4 heteroatoms. The summed E-state index contributed by atoms with van der Waals surface area (Å²) in [7, 11) is 0. The zero-order valence-electron chi connectivity index (χ0n) is 31.0. The van der Waals surface area contributed by atoms with Gasteiger partial charge in [-0.15, -0.1) is 0 Å². The molecule has 0 radical (unpaired) electrons. The van der Waals surface area contributed by atoms with E-state index in [-0.39, 0.29) is 0 Å². The van der Waals surface area contributed by atoms with Gasteiger partial charge in [-0.25, -0.2) is 9.97 Å². The van der Waals surface area contributed by atoms with Crippen LogP contribution in [0.15, 0.2) is 170 Å². The van der Waals surface area contributed by atoms with Crippen LogP contribution in [0.5, 0.6) is 0 Å². The highest BCUT2D eigenvalue weighted by molar-refractivity contribution is 6.28. The van der Waals surface area contributed by atoms with Gasteiger partial charge in [0, 0.05) is 22.1 Å². The van der Waals surface area contributed by atoms with Crippen LogP contribution in [0.4, 0.5) is 0 Å². The SMILES string of the molecule is N#Cc1cccc(-c2nc(-c3cccc(C#N)c3)c3cc(-c4ccc5ccc6cccc7ccc4c5c67)cc(-c4ccc5ccc6cccc7ccc4c5c67)c3n2)c1. The maximum Gasteiger partial charge on any atom is 0.160 e. The van der Waals surface area contributed by atoms with Crippen LogP contribution in [0, 0.1) is 22.7 Å². The molecule has 0 spiro atoms. The first-order valence-corrected chi connectivity index (χ1v) is 19.3. The fraction of sp³-hybridized carbons (Fsp3) is 0. The first-order valence-electron chi connectivity index (χ1n) is 19.3. The lowest BCUT2D eigenvalue weighted by Crippen LogP contribution is -1.99. The van der Waals surface area contributed by atoms with E-state index in [0.717, 1.165) is 55.4 Å². The van der Waals surface area contributed by atoms with Gasteiger partial charge >= 0.3 is 0 Å². The van der Waals surface area contributed by atoms with E-state index in [0.29, 0.717) is 17.0 Å². The normalized spacial score (nSPS) is 11.8. The monoisotopic (exact) mass is 732 g/mol. The Morgan fingerprint density at radius 3 is 1.43 bits per heavy atom. The van der Waals surface area contributed by atoms with Gasteiger partial charge < -0.3 is 0 Å². The number of rotatable bonds is 4. The van der Waals surface area contributed by atoms with Gasteiger partial charge in [0.2, 0.25) is 0 Å². The molecule has 0 bridgehead atoms. The lowest BCUT2D eigenvalue weighted by atomic mass is 9.86. The molecule has 4 nitrogen and oxygen atoms in total. The van der Waals surface area contributed by atoms with E-state index < -0.39 is 0 Å². The summed E-state index contributed by atoms with van der Waals surface area (Å²) in [5.41, 5.74) is 8.38. The summed E-state index contributed by atoms with van der Waals surface area (Å²) < 4.78 is 0. The second-order valence-electron chi connectivity index (χ2n) is 15.1. The van der Waals surface area contributed by atoms with Gasteiger partial charge in [0.1, 0.15) is 0 Å². The Bertz CT molecular complexity index is 3740. The molecule has 0 saturated carbocycles. The molecule has 1 heterocycles. The van der Waals surface area contributed by atoms with Gasteiger partial charge in [0.05, 0.1) is 34.5 Å². The van der Waals surface area contributed by atoms with Crippen molar-refractivity contribution in [1.82, 2.24) is 9.97 Å². The molecule has 0 N–H and O–H groups in total. The lowest BCUT2D eigenvalue weighted by molar-refractivity contribution is 1.23. The molecule has 1 aromatic heterocycles. The fourth-order valence-corrected chi connectivity index (χ4v) is 9.36. The molecule has 0 atom stereocenters. The zero-order valence-corrected chi connectivity index (χ0v) is 31.0. The predicted octanol–water partition coefficient (Wildman–Crippen LogP) is 13.8. The second kappa shape index (κ2) is 12.2. The molecular formula is C54H28N4. The topological polar surface area (TPSA) is 73.4 Å². The van der Waals surface area contributed by atoms with E-state index in [9.17, 15) is 10.5 Å². The number of aromatic nitrogens is 2. The average Bonchev–Trinajstić information content (AvgIpc) is 3.29. The third-order valence-corrected chi connectivity index (χ3v) is 12.0. The van der Waals surface area contributed by atoms with Crippen molar-refractivity contribution in [3.63, 3.8) is 0 Å². The summed E-state index contributed by atoms with van der Waals surface area (Å²) in [6, 6.07) is 64.1. The van der Waals surface area contributed by atoms with Crippen LogP contribution in [0.3, 0.4) is 0 Å². The van der Waals surface area contributed by atoms with Crippen molar-refractivity contribution in [3.05, 3.63) is 181 Å². The first kappa shape index (κ1) is 32.1. The van der Waals surface area contributed by atoms with Gasteiger partial charge in [-0.05, 0) is 118 Å². The Balaban J connectivity index is 1.25. The summed E-state index contributed by atoms with van der Waals surface area (Å²) >= 11 is 0. The van der Waals surface area contributed by atoms with Crippen LogP contribution in [-0.2, 0) is 0 Å². The Labute approximate surface area is 332 Å². The second-order valence-corrected chi connectivity index (χ2v) is 15.1. The molecule has 0 aliphatic heterocycles. The van der Waals surface area contributed by atoms with Gasteiger partial charge in [-0.1, -0.05) is 133 Å². The molecule has 12 aromatic rings. The number of benzene rings is 11. The smallest absolute Gasteiger partial charge is 0.160 e. The van der Waals surface area contributed by atoms with E-state index in [1.807, 2.05) is 42.5 Å². The van der Waals surface area contributed by atoms with E-state index in [1.54, 1.807) is 6.07 Å². The van der Waals surface area contributed by atoms with Gasteiger partial charge in [-0.3, -0.25) is 0 Å². The molecule has 0 fully saturated rings. The maximum absolute atomic E-state index is 10.0. The number of nitriles is 2. The van der Waals surface area contributed by atoms with E-state index in [4.69, 9.17) is 9.97 Å². The Kier molecular flexibility index (Phi) is 6.73. The molecule has 11 aromatic carbocycles. The number of fused-ring (bicyclic) bond motifs is 1. The predicted molar refractivity (Wildman–Crippen MR) is 238 cm³/mol. The van der Waals surface area contributed by atoms with Crippen LogP contribution < -0.4 is 0 Å². The largest absolute Gasteiger partial charge is 0.227 e. The van der Waals surface area contributed by atoms with Crippen molar-refractivity contribution in [2.24, 2.45) is 0 Å². The van der Waals surface area contributed by atoms with Crippen molar-refractivity contribution in [2.75, 3.05) is 0 Å². The molecule has 58 heavy (non-hydrogen) atoms. The molecular weight excluding hydrogens is 705 g/mol. The molecule has 0 amide bonds. The van der Waals surface area contributed by atoms with E-state index >= 15 is 0 Å². The minimum absolute atomic E-state index is 0.511. The quantitative estimate of drug-likeness (QED) is 0.169. The summed E-state index contributed by atoms with van der Waals surface area (Å²) in [5.74, 6) is 0.511. The summed E-state index contributed by atoms with van der Waals surface area (Å²) in [5, 5.41) is 35.4. The number of hydrogen-bond donors (Lipinski definition) is 0. The van der Waals surface area contributed by atoms with Crippen molar-refractivity contribution < 1.29 is 0 Å². The maximum atomic E-state index is 10.0. The molecule has 0 saturated heterocycles. The van der Waals surface area contributed by atoms with E-state index in [2.05, 4.69) is 133 Å². The molecule has 12 rings (SSSR count). The Morgan fingerprint density at radius 1 is 0.345 bits per heavy atom.